The summed E-state index contributed by atoms with van der Waals surface area (Å²) in [6.45, 7) is 1.48. The summed E-state index contributed by atoms with van der Waals surface area (Å²) >= 11 is 0. The van der Waals surface area contributed by atoms with Gasteiger partial charge in [-0.25, -0.2) is 4.79 Å². The van der Waals surface area contributed by atoms with Gasteiger partial charge in [0, 0.05) is 5.92 Å². The van der Waals surface area contributed by atoms with Gasteiger partial charge in [-0.2, -0.15) is 0 Å². The molecule has 6 rings (SSSR count). The Hall–Kier alpha value is -3.37. The molecule has 1 saturated heterocycles. The first kappa shape index (κ1) is 22.1. The standard InChI is InChI=1S/C31H31NO3/c33-31(35-21-30-28-15-6-4-13-26(28)27-14-5-7-16-29(27)30)32-24-17-23(18-25(32)20-34-19-24)12-8-11-22-9-2-1-3-10-22/h1-7,9-10,13-17,24-25,30H,8,11-12,18-21H2. The third kappa shape index (κ3) is 4.39. The van der Waals surface area contributed by atoms with Crippen molar-refractivity contribution >= 4 is 6.09 Å². The van der Waals surface area contributed by atoms with Gasteiger partial charge < -0.3 is 9.47 Å². The summed E-state index contributed by atoms with van der Waals surface area (Å²) in [7, 11) is 0. The molecule has 1 amide bonds. The van der Waals surface area contributed by atoms with Crippen LogP contribution in [-0.4, -0.2) is 42.9 Å². The zero-order valence-electron chi connectivity index (χ0n) is 19.9. The van der Waals surface area contributed by atoms with Gasteiger partial charge in [0.15, 0.2) is 0 Å². The van der Waals surface area contributed by atoms with Crippen LogP contribution in [0, 0.1) is 0 Å². The highest BCUT2D eigenvalue weighted by Crippen LogP contribution is 2.44. The van der Waals surface area contributed by atoms with Gasteiger partial charge in [0.25, 0.3) is 0 Å². The van der Waals surface area contributed by atoms with Gasteiger partial charge in [-0.1, -0.05) is 90.5 Å². The number of nitrogens with zero attached hydrogens (tertiary/aromatic N) is 1. The van der Waals surface area contributed by atoms with Crippen molar-refractivity contribution in [1.82, 2.24) is 4.90 Å². The highest BCUT2D eigenvalue weighted by Gasteiger charge is 2.39. The normalized spacial score (nSPS) is 20.7. The molecule has 3 aromatic carbocycles. The number of hydrogen-bond acceptors (Lipinski definition) is 3. The minimum absolute atomic E-state index is 0.0372. The van der Waals surface area contributed by atoms with Gasteiger partial charge in [0.2, 0.25) is 0 Å². The highest BCUT2D eigenvalue weighted by atomic mass is 16.6. The third-order valence-corrected chi connectivity index (χ3v) is 7.63. The number of aryl methyl sites for hydroxylation is 1. The van der Waals surface area contributed by atoms with E-state index in [0.29, 0.717) is 19.8 Å². The van der Waals surface area contributed by atoms with E-state index in [1.54, 1.807) is 0 Å². The molecule has 178 valence electrons. The van der Waals surface area contributed by atoms with Crippen molar-refractivity contribution in [2.24, 2.45) is 0 Å². The Balaban J connectivity index is 1.11. The Bertz CT molecular complexity index is 1190. The van der Waals surface area contributed by atoms with Crippen LogP contribution >= 0.6 is 0 Å². The van der Waals surface area contributed by atoms with Crippen LogP contribution in [0.1, 0.15) is 41.9 Å². The van der Waals surface area contributed by atoms with E-state index in [4.69, 9.17) is 9.47 Å². The Morgan fingerprint density at radius 2 is 1.54 bits per heavy atom. The quantitative estimate of drug-likeness (QED) is 0.398. The molecule has 3 aromatic rings. The minimum Gasteiger partial charge on any atom is -0.448 e. The summed E-state index contributed by atoms with van der Waals surface area (Å²) in [6, 6.07) is 27.6. The Morgan fingerprint density at radius 1 is 0.857 bits per heavy atom. The Kier molecular flexibility index (Phi) is 6.13. The molecule has 2 bridgehead atoms. The molecule has 0 radical (unpaired) electrons. The van der Waals surface area contributed by atoms with Gasteiger partial charge in [-0.3, -0.25) is 4.90 Å². The first-order valence-corrected chi connectivity index (χ1v) is 12.7. The van der Waals surface area contributed by atoms with E-state index in [0.717, 1.165) is 25.7 Å². The molecule has 4 heteroatoms. The molecule has 2 unspecified atom stereocenters. The fourth-order valence-corrected chi connectivity index (χ4v) is 5.99. The maximum Gasteiger partial charge on any atom is 0.410 e. The lowest BCUT2D eigenvalue weighted by molar-refractivity contribution is -0.0365. The van der Waals surface area contributed by atoms with Crippen LogP contribution in [0.15, 0.2) is 90.5 Å². The molecule has 0 N–H and O–H groups in total. The topological polar surface area (TPSA) is 38.8 Å². The lowest BCUT2D eigenvalue weighted by Crippen LogP contribution is -2.56. The van der Waals surface area contributed by atoms with Crippen molar-refractivity contribution in [3.8, 4) is 11.1 Å². The van der Waals surface area contributed by atoms with E-state index in [1.165, 1.54) is 33.4 Å². The number of morpholine rings is 1. The van der Waals surface area contributed by atoms with Crippen molar-refractivity contribution < 1.29 is 14.3 Å². The van der Waals surface area contributed by atoms with Gasteiger partial charge >= 0.3 is 6.09 Å². The number of ether oxygens (including phenoxy) is 2. The molecule has 0 spiro atoms. The smallest absolute Gasteiger partial charge is 0.410 e. The van der Waals surface area contributed by atoms with Crippen molar-refractivity contribution in [2.45, 2.75) is 43.7 Å². The van der Waals surface area contributed by atoms with E-state index < -0.39 is 0 Å². The van der Waals surface area contributed by atoms with E-state index in [-0.39, 0.29) is 24.1 Å². The van der Waals surface area contributed by atoms with Crippen molar-refractivity contribution in [2.75, 3.05) is 19.8 Å². The number of fused-ring (bicyclic) bond motifs is 5. The number of carbonyl (C=O) groups is 1. The fraction of sp³-hybridized carbons (Fsp3) is 0.323. The van der Waals surface area contributed by atoms with E-state index >= 15 is 0 Å². The Morgan fingerprint density at radius 3 is 2.26 bits per heavy atom. The van der Waals surface area contributed by atoms with Crippen LogP contribution in [-0.2, 0) is 15.9 Å². The summed E-state index contributed by atoms with van der Waals surface area (Å²) in [6.07, 6.45) is 6.18. The predicted molar refractivity (Wildman–Crippen MR) is 137 cm³/mol. The van der Waals surface area contributed by atoms with Crippen molar-refractivity contribution in [3.05, 3.63) is 107 Å². The minimum atomic E-state index is -0.218. The second-order valence-electron chi connectivity index (χ2n) is 9.84. The molecular formula is C31H31NO3. The first-order chi connectivity index (χ1) is 17.3. The molecule has 2 heterocycles. The van der Waals surface area contributed by atoms with Crippen molar-refractivity contribution in [3.63, 3.8) is 0 Å². The molecule has 0 aromatic heterocycles. The average molecular weight is 466 g/mol. The molecule has 0 saturated carbocycles. The number of benzene rings is 3. The lowest BCUT2D eigenvalue weighted by Gasteiger charge is -2.44. The maximum absolute atomic E-state index is 13.3. The zero-order valence-corrected chi connectivity index (χ0v) is 19.9. The molecule has 1 fully saturated rings. The monoisotopic (exact) mass is 465 g/mol. The summed E-state index contributed by atoms with van der Waals surface area (Å²) in [5, 5.41) is 0. The lowest BCUT2D eigenvalue weighted by atomic mass is 9.91. The predicted octanol–water partition coefficient (Wildman–Crippen LogP) is 6.36. The number of rotatable bonds is 6. The van der Waals surface area contributed by atoms with E-state index in [2.05, 4.69) is 84.9 Å². The van der Waals surface area contributed by atoms with Gasteiger partial charge in [0.05, 0.1) is 25.3 Å². The molecule has 35 heavy (non-hydrogen) atoms. The SMILES string of the molecule is O=C(OCC1c2ccccc2-c2ccccc21)N1C2C=C(CCCc3ccccc3)CC1COC2. The van der Waals surface area contributed by atoms with Crippen LogP contribution < -0.4 is 0 Å². The van der Waals surface area contributed by atoms with Crippen LogP contribution in [0.3, 0.4) is 0 Å². The fourth-order valence-electron chi connectivity index (χ4n) is 5.99. The number of hydrogen-bond donors (Lipinski definition) is 0. The van der Waals surface area contributed by atoms with Crippen LogP contribution in [0.25, 0.3) is 11.1 Å². The molecule has 3 aliphatic rings. The summed E-state index contributed by atoms with van der Waals surface area (Å²) < 4.78 is 11.8. The summed E-state index contributed by atoms with van der Waals surface area (Å²) in [5.41, 5.74) is 7.80. The van der Waals surface area contributed by atoms with Gasteiger partial charge in [-0.05, 0) is 53.5 Å². The highest BCUT2D eigenvalue weighted by molar-refractivity contribution is 5.79. The molecular weight excluding hydrogens is 434 g/mol. The molecule has 2 aliphatic heterocycles. The van der Waals surface area contributed by atoms with Crippen molar-refractivity contribution in [1.29, 1.82) is 0 Å². The second kappa shape index (κ2) is 9.71. The zero-order chi connectivity index (χ0) is 23.6. The third-order valence-electron chi connectivity index (χ3n) is 7.63. The van der Waals surface area contributed by atoms with Crippen LogP contribution in [0.2, 0.25) is 0 Å². The largest absolute Gasteiger partial charge is 0.448 e. The van der Waals surface area contributed by atoms with Gasteiger partial charge in [-0.15, -0.1) is 0 Å². The first-order valence-electron chi connectivity index (χ1n) is 12.7. The van der Waals surface area contributed by atoms with Gasteiger partial charge in [0.1, 0.15) is 6.61 Å². The summed E-state index contributed by atoms with van der Waals surface area (Å²) in [5.74, 6) is 0.0799. The van der Waals surface area contributed by atoms with E-state index in [1.807, 2.05) is 4.90 Å². The average Bonchev–Trinajstić information content (AvgIpc) is 3.21. The molecule has 4 nitrogen and oxygen atoms in total. The molecule has 2 atom stereocenters. The van der Waals surface area contributed by atoms with Crippen LogP contribution in [0.5, 0.6) is 0 Å². The Labute approximate surface area is 207 Å². The van der Waals surface area contributed by atoms with Crippen LogP contribution in [0.4, 0.5) is 4.79 Å². The molecule has 1 aliphatic carbocycles. The number of amides is 1. The van der Waals surface area contributed by atoms with E-state index in [9.17, 15) is 4.79 Å². The summed E-state index contributed by atoms with van der Waals surface area (Å²) in [4.78, 5) is 15.2. The maximum atomic E-state index is 13.3. The second-order valence-corrected chi connectivity index (χ2v) is 9.84. The number of carbonyl (C=O) groups excluding carboxylic acids is 1.